The van der Waals surface area contributed by atoms with Gasteiger partial charge in [0.15, 0.2) is 0 Å². The van der Waals surface area contributed by atoms with Crippen molar-refractivity contribution in [1.82, 2.24) is 4.90 Å². The van der Waals surface area contributed by atoms with E-state index in [-0.39, 0.29) is 5.91 Å². The molecule has 0 radical (unpaired) electrons. The summed E-state index contributed by atoms with van der Waals surface area (Å²) in [7, 11) is 0. The first kappa shape index (κ1) is 11.2. The van der Waals surface area contributed by atoms with Crippen LogP contribution in [0.2, 0.25) is 0 Å². The smallest absolute Gasteiger partial charge is 0.254 e. The normalized spacial score (nSPS) is 20.9. The molecule has 1 amide bonds. The van der Waals surface area contributed by atoms with E-state index < -0.39 is 0 Å². The van der Waals surface area contributed by atoms with Crippen LogP contribution in [-0.4, -0.2) is 23.4 Å². The van der Waals surface area contributed by atoms with Crippen LogP contribution in [-0.2, 0) is 0 Å². The Morgan fingerprint density at radius 2 is 2.19 bits per heavy atom. The van der Waals surface area contributed by atoms with Crippen LogP contribution in [0.3, 0.4) is 0 Å². The van der Waals surface area contributed by atoms with Crippen LogP contribution in [0, 0.1) is 6.92 Å². The maximum absolute atomic E-state index is 12.3. The maximum Gasteiger partial charge on any atom is 0.254 e. The van der Waals surface area contributed by atoms with E-state index in [4.69, 9.17) is 0 Å². The van der Waals surface area contributed by atoms with Crippen molar-refractivity contribution in [2.24, 2.45) is 0 Å². The zero-order chi connectivity index (χ0) is 11.5. The topological polar surface area (TPSA) is 20.3 Å². The van der Waals surface area contributed by atoms with Gasteiger partial charge in [0, 0.05) is 18.2 Å². The predicted molar refractivity (Wildman–Crippen MR) is 65.5 cm³/mol. The summed E-state index contributed by atoms with van der Waals surface area (Å²) in [5.74, 6) is 0.191. The molecule has 1 fully saturated rings. The molecule has 86 valence electrons. The number of nitrogens with zero attached hydrogens (tertiary/aromatic N) is 1. The van der Waals surface area contributed by atoms with Crippen molar-refractivity contribution in [2.45, 2.75) is 39.2 Å². The molecule has 0 saturated carbocycles. The summed E-state index contributed by atoms with van der Waals surface area (Å²) in [4.78, 5) is 14.3. The van der Waals surface area contributed by atoms with Gasteiger partial charge in [-0.25, -0.2) is 0 Å². The summed E-state index contributed by atoms with van der Waals surface area (Å²) in [5.41, 5.74) is 1.98. The highest BCUT2D eigenvalue weighted by atomic mass is 16.2. The van der Waals surface area contributed by atoms with Crippen LogP contribution in [0.1, 0.15) is 42.1 Å². The van der Waals surface area contributed by atoms with Crippen LogP contribution in [0.5, 0.6) is 0 Å². The minimum absolute atomic E-state index is 0.191. The zero-order valence-electron chi connectivity index (χ0n) is 10.1. The molecule has 1 aromatic carbocycles. The highest BCUT2D eigenvalue weighted by Gasteiger charge is 2.23. The van der Waals surface area contributed by atoms with Gasteiger partial charge in [-0.1, -0.05) is 17.7 Å². The first-order chi connectivity index (χ1) is 7.68. The van der Waals surface area contributed by atoms with Crippen LogP contribution >= 0.6 is 0 Å². The summed E-state index contributed by atoms with van der Waals surface area (Å²) in [6.07, 6.45) is 3.53. The lowest BCUT2D eigenvalue weighted by Gasteiger charge is -2.33. The lowest BCUT2D eigenvalue weighted by atomic mass is 10.0. The largest absolute Gasteiger partial charge is 0.336 e. The van der Waals surface area contributed by atoms with Crippen molar-refractivity contribution in [3.63, 3.8) is 0 Å². The van der Waals surface area contributed by atoms with E-state index in [2.05, 4.69) is 6.92 Å². The van der Waals surface area contributed by atoms with Gasteiger partial charge in [-0.05, 0) is 45.2 Å². The fraction of sp³-hybridized carbons (Fsp3) is 0.500. The Labute approximate surface area is 97.3 Å². The quantitative estimate of drug-likeness (QED) is 0.708. The Bertz CT molecular complexity index is 386. The summed E-state index contributed by atoms with van der Waals surface area (Å²) in [6.45, 7) is 5.08. The molecule has 1 aliphatic rings. The van der Waals surface area contributed by atoms with Gasteiger partial charge in [0.05, 0.1) is 0 Å². The molecule has 0 aromatic heterocycles. The molecule has 0 N–H and O–H groups in total. The number of hydrogen-bond acceptors (Lipinski definition) is 1. The highest BCUT2D eigenvalue weighted by molar-refractivity contribution is 5.94. The first-order valence-electron chi connectivity index (χ1n) is 6.06. The van der Waals surface area contributed by atoms with Gasteiger partial charge in [-0.2, -0.15) is 0 Å². The van der Waals surface area contributed by atoms with Crippen molar-refractivity contribution >= 4 is 5.91 Å². The standard InChI is InChI=1S/C14H19NO/c1-11-6-5-8-13(10-11)14(16)15-9-4-3-7-12(15)2/h5-6,8,10,12H,3-4,7,9H2,1-2H3/t12-/m0/s1. The predicted octanol–water partition coefficient (Wildman–Crippen LogP) is 3.01. The van der Waals surface area contributed by atoms with Crippen LogP contribution in [0.15, 0.2) is 24.3 Å². The number of aryl methyl sites for hydroxylation is 1. The van der Waals surface area contributed by atoms with Crippen molar-refractivity contribution in [3.8, 4) is 0 Å². The molecule has 1 aromatic rings. The third kappa shape index (κ3) is 2.26. The Kier molecular flexibility index (Phi) is 3.28. The van der Waals surface area contributed by atoms with Crippen LogP contribution < -0.4 is 0 Å². The summed E-state index contributed by atoms with van der Waals surface area (Å²) >= 11 is 0. The van der Waals surface area contributed by atoms with E-state index in [1.165, 1.54) is 6.42 Å². The van der Waals surface area contributed by atoms with Crippen LogP contribution in [0.25, 0.3) is 0 Å². The average molecular weight is 217 g/mol. The monoisotopic (exact) mass is 217 g/mol. The molecule has 0 unspecified atom stereocenters. The van der Waals surface area contributed by atoms with Gasteiger partial charge in [0.1, 0.15) is 0 Å². The second-order valence-electron chi connectivity index (χ2n) is 4.71. The summed E-state index contributed by atoms with van der Waals surface area (Å²) < 4.78 is 0. The molecular weight excluding hydrogens is 198 g/mol. The number of benzene rings is 1. The van der Waals surface area contributed by atoms with Crippen molar-refractivity contribution in [2.75, 3.05) is 6.54 Å². The Hall–Kier alpha value is -1.31. The molecule has 1 aliphatic heterocycles. The van der Waals surface area contributed by atoms with E-state index >= 15 is 0 Å². The van der Waals surface area contributed by atoms with E-state index in [1.807, 2.05) is 36.1 Å². The van der Waals surface area contributed by atoms with Crippen LogP contribution in [0.4, 0.5) is 0 Å². The minimum atomic E-state index is 0.191. The van der Waals surface area contributed by atoms with Crippen molar-refractivity contribution in [1.29, 1.82) is 0 Å². The molecule has 16 heavy (non-hydrogen) atoms. The number of carbonyl (C=O) groups is 1. The second-order valence-corrected chi connectivity index (χ2v) is 4.71. The Morgan fingerprint density at radius 1 is 1.38 bits per heavy atom. The SMILES string of the molecule is Cc1cccc(C(=O)N2CCCC[C@@H]2C)c1. The number of rotatable bonds is 1. The molecule has 2 heteroatoms. The van der Waals surface area contributed by atoms with Gasteiger partial charge in [0.2, 0.25) is 0 Å². The fourth-order valence-electron chi connectivity index (χ4n) is 2.34. The van der Waals surface area contributed by atoms with Gasteiger partial charge < -0.3 is 4.90 Å². The Morgan fingerprint density at radius 3 is 2.88 bits per heavy atom. The van der Waals surface area contributed by atoms with E-state index in [9.17, 15) is 4.79 Å². The number of carbonyl (C=O) groups excluding carboxylic acids is 1. The van der Waals surface area contributed by atoms with Gasteiger partial charge in [0.25, 0.3) is 5.91 Å². The molecule has 2 rings (SSSR count). The highest BCUT2D eigenvalue weighted by Crippen LogP contribution is 2.19. The molecule has 0 bridgehead atoms. The minimum Gasteiger partial charge on any atom is -0.336 e. The van der Waals surface area contributed by atoms with Gasteiger partial charge >= 0.3 is 0 Å². The molecule has 2 nitrogen and oxygen atoms in total. The molecular formula is C14H19NO. The van der Waals surface area contributed by atoms with Gasteiger partial charge in [-0.15, -0.1) is 0 Å². The zero-order valence-corrected chi connectivity index (χ0v) is 10.1. The van der Waals surface area contributed by atoms with E-state index in [1.54, 1.807) is 0 Å². The third-order valence-electron chi connectivity index (χ3n) is 3.33. The summed E-state index contributed by atoms with van der Waals surface area (Å²) in [5, 5.41) is 0. The second kappa shape index (κ2) is 4.69. The van der Waals surface area contributed by atoms with Crippen molar-refractivity contribution < 1.29 is 4.79 Å². The third-order valence-corrected chi connectivity index (χ3v) is 3.33. The van der Waals surface area contributed by atoms with Crippen molar-refractivity contribution in [3.05, 3.63) is 35.4 Å². The number of amides is 1. The molecule has 1 heterocycles. The van der Waals surface area contributed by atoms with E-state index in [0.717, 1.165) is 30.5 Å². The summed E-state index contributed by atoms with van der Waals surface area (Å²) in [6, 6.07) is 8.26. The Balaban J connectivity index is 2.17. The lowest BCUT2D eigenvalue weighted by molar-refractivity contribution is 0.0635. The lowest BCUT2D eigenvalue weighted by Crippen LogP contribution is -2.42. The average Bonchev–Trinajstić information content (AvgIpc) is 2.29. The number of likely N-dealkylation sites (tertiary alicyclic amines) is 1. The number of piperidine rings is 1. The maximum atomic E-state index is 12.3. The fourth-order valence-corrected chi connectivity index (χ4v) is 2.34. The molecule has 0 aliphatic carbocycles. The van der Waals surface area contributed by atoms with Gasteiger partial charge in [-0.3, -0.25) is 4.79 Å². The molecule has 0 spiro atoms. The first-order valence-corrected chi connectivity index (χ1v) is 6.06. The molecule has 1 atom stereocenters. The number of hydrogen-bond donors (Lipinski definition) is 0. The molecule has 1 saturated heterocycles. The van der Waals surface area contributed by atoms with E-state index in [0.29, 0.717) is 6.04 Å².